The summed E-state index contributed by atoms with van der Waals surface area (Å²) in [5, 5.41) is 0. The Hall–Kier alpha value is -3.85. The number of fused-ring (bicyclic) bond motifs is 1. The van der Waals surface area contributed by atoms with Crippen LogP contribution in [-0.4, -0.2) is 41.4 Å². The number of benzene rings is 3. The SMILES string of the molecule is CCOC(=O)C(Cc1ccc(OCCn2c(C(F)(F)F)nc3cc(-c4ccccc4)ccc32)cc1)OCC. The Labute approximate surface area is 219 Å². The lowest BCUT2D eigenvalue weighted by Crippen LogP contribution is -2.28. The second-order valence-corrected chi connectivity index (χ2v) is 8.55. The Kier molecular flexibility index (Phi) is 8.68. The number of aromatic nitrogens is 2. The van der Waals surface area contributed by atoms with Gasteiger partial charge in [-0.25, -0.2) is 9.78 Å². The summed E-state index contributed by atoms with van der Waals surface area (Å²) >= 11 is 0. The van der Waals surface area contributed by atoms with Crippen molar-refractivity contribution in [1.82, 2.24) is 9.55 Å². The summed E-state index contributed by atoms with van der Waals surface area (Å²) in [5.41, 5.74) is 3.20. The van der Waals surface area contributed by atoms with Crippen LogP contribution in [0.15, 0.2) is 72.8 Å². The Balaban J connectivity index is 1.46. The molecule has 0 aliphatic heterocycles. The molecule has 4 rings (SSSR count). The van der Waals surface area contributed by atoms with Crippen LogP contribution in [0.1, 0.15) is 25.2 Å². The van der Waals surface area contributed by atoms with E-state index in [9.17, 15) is 18.0 Å². The summed E-state index contributed by atoms with van der Waals surface area (Å²) in [6, 6.07) is 21.6. The Morgan fingerprint density at radius 1 is 0.947 bits per heavy atom. The topological polar surface area (TPSA) is 62.6 Å². The molecule has 0 radical (unpaired) electrons. The first-order chi connectivity index (χ1) is 18.3. The second-order valence-electron chi connectivity index (χ2n) is 8.55. The van der Waals surface area contributed by atoms with E-state index in [0.717, 1.165) is 21.3 Å². The molecule has 0 bridgehead atoms. The maximum absolute atomic E-state index is 13.8. The maximum atomic E-state index is 13.8. The molecule has 1 unspecified atom stereocenters. The minimum Gasteiger partial charge on any atom is -0.492 e. The molecule has 0 amide bonds. The fourth-order valence-electron chi connectivity index (χ4n) is 4.22. The average molecular weight is 527 g/mol. The highest BCUT2D eigenvalue weighted by molar-refractivity contribution is 5.82. The van der Waals surface area contributed by atoms with E-state index in [1.54, 1.807) is 56.3 Å². The first kappa shape index (κ1) is 27.2. The lowest BCUT2D eigenvalue weighted by molar-refractivity contribution is -0.156. The van der Waals surface area contributed by atoms with E-state index in [1.165, 1.54) is 0 Å². The number of ether oxygens (including phenoxy) is 3. The minimum absolute atomic E-state index is 0.0126. The minimum atomic E-state index is -4.61. The van der Waals surface area contributed by atoms with E-state index >= 15 is 0 Å². The average Bonchev–Trinajstić information content (AvgIpc) is 3.28. The van der Waals surface area contributed by atoms with Gasteiger partial charge in [-0.05, 0) is 54.8 Å². The molecule has 38 heavy (non-hydrogen) atoms. The van der Waals surface area contributed by atoms with Crippen molar-refractivity contribution in [3.8, 4) is 16.9 Å². The van der Waals surface area contributed by atoms with Crippen molar-refractivity contribution >= 4 is 17.0 Å². The summed E-state index contributed by atoms with van der Waals surface area (Å²) in [6.45, 7) is 4.16. The number of carbonyl (C=O) groups is 1. The third-order valence-corrected chi connectivity index (χ3v) is 5.95. The number of nitrogens with zero attached hydrogens (tertiary/aromatic N) is 2. The molecule has 0 saturated heterocycles. The summed E-state index contributed by atoms with van der Waals surface area (Å²) in [4.78, 5) is 16.0. The predicted octanol–water partition coefficient (Wildman–Crippen LogP) is 6.31. The third kappa shape index (κ3) is 6.52. The molecule has 1 aromatic heterocycles. The van der Waals surface area contributed by atoms with E-state index in [-0.39, 0.29) is 25.3 Å². The number of hydrogen-bond acceptors (Lipinski definition) is 5. The zero-order chi connectivity index (χ0) is 27.1. The Bertz CT molecular complexity index is 1350. The van der Waals surface area contributed by atoms with Gasteiger partial charge in [-0.15, -0.1) is 0 Å². The second kappa shape index (κ2) is 12.1. The van der Waals surface area contributed by atoms with E-state index in [0.29, 0.717) is 24.3 Å². The van der Waals surface area contributed by atoms with Crippen LogP contribution in [0, 0.1) is 0 Å². The molecule has 0 fully saturated rings. The molecule has 200 valence electrons. The largest absolute Gasteiger partial charge is 0.492 e. The summed E-state index contributed by atoms with van der Waals surface area (Å²) in [7, 11) is 0. The zero-order valence-corrected chi connectivity index (χ0v) is 21.2. The fourth-order valence-corrected chi connectivity index (χ4v) is 4.22. The van der Waals surface area contributed by atoms with E-state index in [4.69, 9.17) is 14.2 Å². The summed E-state index contributed by atoms with van der Waals surface area (Å²) in [6.07, 6.45) is -4.97. The standard InChI is InChI=1S/C29H29F3N2O4/c1-3-36-26(27(35)37-4-2)18-20-10-13-23(14-11-20)38-17-16-34-25-15-12-22(21-8-6-5-7-9-21)19-24(25)33-28(34)29(30,31)32/h5-15,19,26H,3-4,16-18H2,1-2H3. The van der Waals surface area contributed by atoms with E-state index in [2.05, 4.69) is 4.98 Å². The van der Waals surface area contributed by atoms with Crippen molar-refractivity contribution in [2.24, 2.45) is 0 Å². The van der Waals surface area contributed by atoms with Gasteiger partial charge >= 0.3 is 12.1 Å². The van der Waals surface area contributed by atoms with E-state index < -0.39 is 24.1 Å². The summed E-state index contributed by atoms with van der Waals surface area (Å²) < 4.78 is 58.8. The van der Waals surface area contributed by atoms with Gasteiger partial charge in [0, 0.05) is 13.0 Å². The first-order valence-corrected chi connectivity index (χ1v) is 12.4. The molecule has 0 aliphatic rings. The highest BCUT2D eigenvalue weighted by atomic mass is 19.4. The van der Waals surface area contributed by atoms with Gasteiger partial charge in [0.05, 0.1) is 24.2 Å². The third-order valence-electron chi connectivity index (χ3n) is 5.95. The van der Waals surface area contributed by atoms with Crippen molar-refractivity contribution in [3.05, 3.63) is 84.2 Å². The van der Waals surface area contributed by atoms with Crippen molar-refractivity contribution in [2.75, 3.05) is 19.8 Å². The monoisotopic (exact) mass is 526 g/mol. The number of esters is 1. The Morgan fingerprint density at radius 2 is 1.68 bits per heavy atom. The fraction of sp³-hybridized carbons (Fsp3) is 0.310. The smallest absolute Gasteiger partial charge is 0.449 e. The molecular formula is C29H29F3N2O4. The molecular weight excluding hydrogens is 497 g/mol. The van der Waals surface area contributed by atoms with Gasteiger partial charge in [0.25, 0.3) is 0 Å². The van der Waals surface area contributed by atoms with Gasteiger partial charge in [-0.1, -0.05) is 48.5 Å². The van der Waals surface area contributed by atoms with Crippen LogP contribution in [0.2, 0.25) is 0 Å². The van der Waals surface area contributed by atoms with Crippen LogP contribution >= 0.6 is 0 Å². The predicted molar refractivity (Wildman–Crippen MR) is 138 cm³/mol. The van der Waals surface area contributed by atoms with Crippen molar-refractivity contribution in [1.29, 1.82) is 0 Å². The highest BCUT2D eigenvalue weighted by Crippen LogP contribution is 2.33. The maximum Gasteiger partial charge on any atom is 0.449 e. The van der Waals surface area contributed by atoms with Crippen LogP contribution in [0.5, 0.6) is 5.75 Å². The molecule has 6 nitrogen and oxygen atoms in total. The number of hydrogen-bond donors (Lipinski definition) is 0. The first-order valence-electron chi connectivity index (χ1n) is 12.4. The van der Waals surface area contributed by atoms with Crippen LogP contribution in [0.25, 0.3) is 22.2 Å². The van der Waals surface area contributed by atoms with Crippen molar-refractivity contribution in [3.63, 3.8) is 0 Å². The molecule has 4 aromatic rings. The number of rotatable bonds is 11. The number of carbonyl (C=O) groups excluding carboxylic acids is 1. The normalized spacial score (nSPS) is 12.4. The number of halogens is 3. The highest BCUT2D eigenvalue weighted by Gasteiger charge is 2.37. The van der Waals surface area contributed by atoms with Gasteiger partial charge < -0.3 is 18.8 Å². The van der Waals surface area contributed by atoms with Gasteiger partial charge in [0.15, 0.2) is 6.10 Å². The van der Waals surface area contributed by atoms with Gasteiger partial charge in [-0.3, -0.25) is 0 Å². The lowest BCUT2D eigenvalue weighted by Gasteiger charge is -2.16. The molecule has 9 heteroatoms. The Morgan fingerprint density at radius 3 is 2.34 bits per heavy atom. The molecule has 1 heterocycles. The quantitative estimate of drug-likeness (QED) is 0.214. The van der Waals surface area contributed by atoms with Crippen LogP contribution in [-0.2, 0) is 33.4 Å². The van der Waals surface area contributed by atoms with Crippen molar-refractivity contribution in [2.45, 2.75) is 39.1 Å². The van der Waals surface area contributed by atoms with Crippen LogP contribution in [0.4, 0.5) is 13.2 Å². The zero-order valence-electron chi connectivity index (χ0n) is 21.2. The van der Waals surface area contributed by atoms with Gasteiger partial charge in [-0.2, -0.15) is 13.2 Å². The number of imidazole rings is 1. The van der Waals surface area contributed by atoms with Gasteiger partial charge in [0.1, 0.15) is 12.4 Å². The van der Waals surface area contributed by atoms with Crippen molar-refractivity contribution < 1.29 is 32.2 Å². The molecule has 0 N–H and O–H groups in total. The molecule has 0 spiro atoms. The molecule has 3 aromatic carbocycles. The summed E-state index contributed by atoms with van der Waals surface area (Å²) in [5.74, 6) is -0.877. The molecule has 0 aliphatic carbocycles. The lowest BCUT2D eigenvalue weighted by atomic mass is 10.1. The molecule has 1 atom stereocenters. The molecule has 0 saturated carbocycles. The van der Waals surface area contributed by atoms with Crippen LogP contribution < -0.4 is 4.74 Å². The number of alkyl halides is 3. The van der Waals surface area contributed by atoms with E-state index in [1.807, 2.05) is 30.3 Å². The van der Waals surface area contributed by atoms with Gasteiger partial charge in [0.2, 0.25) is 5.82 Å². The van der Waals surface area contributed by atoms with Crippen LogP contribution in [0.3, 0.4) is 0 Å².